The molecule has 3 heterocycles. The summed E-state index contributed by atoms with van der Waals surface area (Å²) in [6.45, 7) is 1.38. The normalized spacial score (nSPS) is 26.8. The van der Waals surface area contributed by atoms with Gasteiger partial charge in [-0.3, -0.25) is 4.84 Å². The molecular formula is C14H13N3O. The molecule has 0 amide bonds. The van der Waals surface area contributed by atoms with Crippen molar-refractivity contribution in [2.75, 3.05) is 13.2 Å². The molecular weight excluding hydrogens is 226 g/mol. The zero-order chi connectivity index (χ0) is 12.1. The van der Waals surface area contributed by atoms with Crippen LogP contribution >= 0.6 is 0 Å². The van der Waals surface area contributed by atoms with Crippen molar-refractivity contribution in [3.8, 4) is 6.07 Å². The zero-order valence-electron chi connectivity index (χ0n) is 9.89. The molecule has 0 unspecified atom stereocenters. The molecule has 1 aromatic heterocycles. The van der Waals surface area contributed by atoms with Crippen LogP contribution < -0.4 is 0 Å². The Morgan fingerprint density at radius 2 is 2.28 bits per heavy atom. The molecule has 0 spiro atoms. The van der Waals surface area contributed by atoms with Gasteiger partial charge in [0.1, 0.15) is 0 Å². The summed E-state index contributed by atoms with van der Waals surface area (Å²) >= 11 is 0. The fourth-order valence-electron chi connectivity index (χ4n) is 3.17. The van der Waals surface area contributed by atoms with Gasteiger partial charge in [-0.2, -0.15) is 10.3 Å². The summed E-state index contributed by atoms with van der Waals surface area (Å²) in [5.74, 6) is -0.0721. The highest BCUT2D eigenvalue weighted by Gasteiger charge is 2.42. The third-order valence-electron chi connectivity index (χ3n) is 4.00. The number of fused-ring (bicyclic) bond motifs is 5. The van der Waals surface area contributed by atoms with Gasteiger partial charge in [-0.1, -0.05) is 18.2 Å². The summed E-state index contributed by atoms with van der Waals surface area (Å²) in [6, 6.07) is 10.8. The third kappa shape index (κ3) is 1.20. The van der Waals surface area contributed by atoms with Crippen LogP contribution in [-0.4, -0.2) is 23.2 Å². The highest BCUT2D eigenvalue weighted by atomic mass is 16.7. The second-order valence-electron chi connectivity index (χ2n) is 4.93. The van der Waals surface area contributed by atoms with Gasteiger partial charge in [-0.15, -0.1) is 0 Å². The number of benzene rings is 1. The van der Waals surface area contributed by atoms with Gasteiger partial charge in [0.25, 0.3) is 0 Å². The lowest BCUT2D eigenvalue weighted by molar-refractivity contribution is -0.136. The molecule has 0 aliphatic carbocycles. The summed E-state index contributed by atoms with van der Waals surface area (Å²) in [4.78, 5) is 9.08. The topological polar surface area (TPSA) is 52.0 Å². The van der Waals surface area contributed by atoms with Crippen molar-refractivity contribution in [1.82, 2.24) is 10.0 Å². The van der Waals surface area contributed by atoms with Crippen molar-refractivity contribution in [3.05, 3.63) is 35.5 Å². The minimum absolute atomic E-state index is 0.0721. The van der Waals surface area contributed by atoms with Gasteiger partial charge in [-0.05, 0) is 18.1 Å². The molecule has 0 radical (unpaired) electrons. The van der Waals surface area contributed by atoms with E-state index in [1.165, 1.54) is 16.6 Å². The van der Waals surface area contributed by atoms with Gasteiger partial charge < -0.3 is 4.98 Å². The molecule has 4 rings (SSSR count). The van der Waals surface area contributed by atoms with Crippen LogP contribution in [-0.2, 0) is 11.3 Å². The van der Waals surface area contributed by atoms with Crippen LogP contribution in [0.3, 0.4) is 0 Å². The first-order valence-corrected chi connectivity index (χ1v) is 6.27. The van der Waals surface area contributed by atoms with E-state index in [1.807, 2.05) is 11.1 Å². The van der Waals surface area contributed by atoms with E-state index < -0.39 is 0 Å². The van der Waals surface area contributed by atoms with E-state index in [1.54, 1.807) is 0 Å². The van der Waals surface area contributed by atoms with Gasteiger partial charge in [0.15, 0.2) is 0 Å². The maximum absolute atomic E-state index is 9.23. The molecule has 1 saturated heterocycles. The number of nitrogens with zero attached hydrogens (tertiary/aromatic N) is 2. The van der Waals surface area contributed by atoms with Gasteiger partial charge in [0.2, 0.25) is 0 Å². The Bertz CT molecular complexity index is 655. The van der Waals surface area contributed by atoms with E-state index in [2.05, 4.69) is 29.3 Å². The zero-order valence-corrected chi connectivity index (χ0v) is 9.89. The number of rotatable bonds is 0. The molecule has 4 nitrogen and oxygen atoms in total. The minimum Gasteiger partial charge on any atom is -0.357 e. The fraction of sp³-hybridized carbons (Fsp3) is 0.357. The Kier molecular flexibility index (Phi) is 2.01. The number of hydroxylamine groups is 2. The molecule has 0 saturated carbocycles. The minimum atomic E-state index is -0.0721. The highest BCUT2D eigenvalue weighted by Crippen LogP contribution is 2.41. The number of hydrogen-bond donors (Lipinski definition) is 1. The van der Waals surface area contributed by atoms with Crippen molar-refractivity contribution in [3.63, 3.8) is 0 Å². The maximum Gasteiger partial charge on any atom is 0.0951 e. The first-order valence-electron chi connectivity index (χ1n) is 6.27. The molecule has 4 heteroatoms. The molecule has 18 heavy (non-hydrogen) atoms. The predicted molar refractivity (Wildman–Crippen MR) is 66.5 cm³/mol. The van der Waals surface area contributed by atoms with Crippen molar-refractivity contribution < 1.29 is 4.84 Å². The highest BCUT2D eigenvalue weighted by molar-refractivity contribution is 5.85. The largest absolute Gasteiger partial charge is 0.357 e. The van der Waals surface area contributed by atoms with Crippen LogP contribution in [0.5, 0.6) is 0 Å². The van der Waals surface area contributed by atoms with Crippen LogP contribution in [0.15, 0.2) is 24.3 Å². The predicted octanol–water partition coefficient (Wildman–Crippen LogP) is 2.15. The van der Waals surface area contributed by atoms with Gasteiger partial charge in [0.05, 0.1) is 24.6 Å². The summed E-state index contributed by atoms with van der Waals surface area (Å²) in [5.41, 5.74) is 3.69. The quantitative estimate of drug-likeness (QED) is 0.766. The van der Waals surface area contributed by atoms with E-state index in [0.29, 0.717) is 6.61 Å². The van der Waals surface area contributed by atoms with Crippen molar-refractivity contribution in [1.29, 1.82) is 5.26 Å². The standard InChI is InChI=1S/C14H13N3O/c15-7-9-8-18-17-6-5-11-10-3-1-2-4-12(10)16-13(11)14(9)17/h1-4,9,14,16H,5-6,8H2/t9-,14-/m1/s1. The van der Waals surface area contributed by atoms with Crippen molar-refractivity contribution in [2.45, 2.75) is 12.5 Å². The van der Waals surface area contributed by atoms with Crippen molar-refractivity contribution in [2.24, 2.45) is 5.92 Å². The Morgan fingerprint density at radius 3 is 3.17 bits per heavy atom. The SMILES string of the molecule is N#C[C@@H]1CON2CCc3c([nH]c4ccccc34)[C@@H]12. The lowest BCUT2D eigenvalue weighted by Gasteiger charge is -2.28. The smallest absolute Gasteiger partial charge is 0.0951 e. The Morgan fingerprint density at radius 1 is 1.39 bits per heavy atom. The van der Waals surface area contributed by atoms with Crippen molar-refractivity contribution >= 4 is 10.9 Å². The van der Waals surface area contributed by atoms with E-state index in [-0.39, 0.29) is 12.0 Å². The average Bonchev–Trinajstić information content (AvgIpc) is 2.98. The fourth-order valence-corrected chi connectivity index (χ4v) is 3.17. The second kappa shape index (κ2) is 3.58. The van der Waals surface area contributed by atoms with E-state index >= 15 is 0 Å². The summed E-state index contributed by atoms with van der Waals surface area (Å²) in [5, 5.41) is 12.5. The number of para-hydroxylation sites is 1. The molecule has 2 atom stereocenters. The van der Waals surface area contributed by atoms with Crippen LogP contribution in [0.4, 0.5) is 0 Å². The maximum atomic E-state index is 9.23. The lowest BCUT2D eigenvalue weighted by atomic mass is 9.92. The average molecular weight is 239 g/mol. The van der Waals surface area contributed by atoms with E-state index in [0.717, 1.165) is 18.5 Å². The van der Waals surface area contributed by atoms with Gasteiger partial charge >= 0.3 is 0 Å². The first kappa shape index (κ1) is 10.1. The number of nitrogens with one attached hydrogen (secondary N) is 1. The van der Waals surface area contributed by atoms with Crippen LogP contribution in [0.1, 0.15) is 17.3 Å². The first-order chi connectivity index (χ1) is 8.88. The molecule has 1 N–H and O–H groups in total. The number of H-pyrrole nitrogens is 1. The molecule has 2 aliphatic rings. The summed E-state index contributed by atoms with van der Waals surface area (Å²) in [6.07, 6.45) is 0.980. The number of nitriles is 1. The molecule has 0 bridgehead atoms. The van der Waals surface area contributed by atoms with Gasteiger partial charge in [-0.25, -0.2) is 0 Å². The van der Waals surface area contributed by atoms with E-state index in [9.17, 15) is 5.26 Å². The summed E-state index contributed by atoms with van der Waals surface area (Å²) < 4.78 is 0. The number of aromatic amines is 1. The van der Waals surface area contributed by atoms with Crippen LogP contribution in [0.2, 0.25) is 0 Å². The molecule has 1 fully saturated rings. The lowest BCUT2D eigenvalue weighted by Crippen LogP contribution is -2.31. The number of hydrogen-bond acceptors (Lipinski definition) is 3. The van der Waals surface area contributed by atoms with E-state index in [4.69, 9.17) is 4.84 Å². The molecule has 2 aliphatic heterocycles. The molecule has 90 valence electrons. The van der Waals surface area contributed by atoms with Gasteiger partial charge in [0, 0.05) is 23.1 Å². The Hall–Kier alpha value is -1.83. The summed E-state index contributed by atoms with van der Waals surface area (Å²) in [7, 11) is 0. The Labute approximate surface area is 105 Å². The molecule has 2 aromatic rings. The Balaban J connectivity index is 1.94. The monoisotopic (exact) mass is 239 g/mol. The second-order valence-corrected chi connectivity index (χ2v) is 4.93. The third-order valence-corrected chi connectivity index (χ3v) is 4.00. The van der Waals surface area contributed by atoms with Crippen LogP contribution in [0.25, 0.3) is 10.9 Å². The number of aromatic nitrogens is 1. The van der Waals surface area contributed by atoms with Crippen LogP contribution in [0, 0.1) is 17.2 Å². The molecule has 1 aromatic carbocycles.